The van der Waals surface area contributed by atoms with Crippen LogP contribution in [-0.2, 0) is 0 Å². The Morgan fingerprint density at radius 1 is 0.750 bits per heavy atom. The Hall–Kier alpha value is -0.0200. The molecule has 0 amide bonds. The first-order valence-electron chi connectivity index (χ1n) is 2.95. The van der Waals surface area contributed by atoms with Crippen molar-refractivity contribution >= 4 is 58.5 Å². The van der Waals surface area contributed by atoms with E-state index in [0.29, 0.717) is 11.4 Å². The molecule has 66 valence electrons. The third-order valence-electron chi connectivity index (χ3n) is 1.25. The largest absolute Gasteiger partial charge is 0.192 e. The van der Waals surface area contributed by atoms with E-state index < -0.39 is 0 Å². The quantitative estimate of drug-likeness (QED) is 0.729. The smallest absolute Gasteiger partial charge is 0.0971 e. The monoisotopic (exact) mass is 244 g/mol. The van der Waals surface area contributed by atoms with Crippen molar-refractivity contribution in [3.8, 4) is 0 Å². The molecule has 2 nitrogen and oxygen atoms in total. The van der Waals surface area contributed by atoms with Crippen molar-refractivity contribution < 1.29 is 0 Å². The van der Waals surface area contributed by atoms with Gasteiger partial charge in [-0.15, -0.1) is 0 Å². The number of rotatable bonds is 2. The second-order valence-corrected chi connectivity index (χ2v) is 3.65. The molecule has 1 aromatic rings. The maximum Gasteiger partial charge on any atom is 0.0971 e. The highest BCUT2D eigenvalue weighted by Crippen LogP contribution is 2.33. The van der Waals surface area contributed by atoms with Gasteiger partial charge in [0, 0.05) is 47.1 Å². The van der Waals surface area contributed by atoms with E-state index in [1.165, 1.54) is 0 Å². The van der Waals surface area contributed by atoms with Crippen LogP contribution in [0.2, 0.25) is 0 Å². The second kappa shape index (κ2) is 4.28. The molecule has 1 rings (SSSR count). The zero-order chi connectivity index (χ0) is 9.14. The summed E-state index contributed by atoms with van der Waals surface area (Å²) in [6, 6.07) is 6.92. The Morgan fingerprint density at radius 3 is 1.33 bits per heavy atom. The van der Waals surface area contributed by atoms with Gasteiger partial charge >= 0.3 is 0 Å². The summed E-state index contributed by atoms with van der Waals surface area (Å²) in [5, 5.41) is 0. The summed E-state index contributed by atoms with van der Waals surface area (Å²) in [6.07, 6.45) is 0. The topological polar surface area (TPSA) is 6.48 Å². The van der Waals surface area contributed by atoms with Gasteiger partial charge in [-0.05, 0) is 12.1 Å². The van der Waals surface area contributed by atoms with E-state index in [2.05, 4.69) is 0 Å². The van der Waals surface area contributed by atoms with Crippen molar-refractivity contribution in [1.82, 2.24) is 0 Å². The highest BCUT2D eigenvalue weighted by atomic mass is 35.5. The van der Waals surface area contributed by atoms with E-state index in [1.807, 2.05) is 0 Å². The fourth-order valence-electron chi connectivity index (χ4n) is 0.750. The van der Waals surface area contributed by atoms with Crippen molar-refractivity contribution in [2.75, 3.05) is 7.88 Å². The molecule has 0 saturated carbocycles. The van der Waals surface area contributed by atoms with E-state index in [1.54, 1.807) is 24.3 Å². The SMILES string of the molecule is ClN(Cl)c1ccccc1N(Cl)Cl. The average Bonchev–Trinajstić information content (AvgIpc) is 2.04. The summed E-state index contributed by atoms with van der Waals surface area (Å²) in [7, 11) is 0. The Bertz CT molecular complexity index is 236. The van der Waals surface area contributed by atoms with Crippen molar-refractivity contribution in [3.63, 3.8) is 0 Å². The van der Waals surface area contributed by atoms with Gasteiger partial charge in [-0.3, -0.25) is 0 Å². The number of hydrogen-bond donors (Lipinski definition) is 0. The highest BCUT2D eigenvalue weighted by Gasteiger charge is 2.10. The molecular formula is C6H4Cl4N2. The predicted octanol–water partition coefficient (Wildman–Crippen LogP) is 3.91. The molecule has 1 aromatic carbocycles. The molecule has 0 aliphatic carbocycles. The minimum absolute atomic E-state index is 0.519. The van der Waals surface area contributed by atoms with Crippen LogP contribution in [0.1, 0.15) is 0 Å². The minimum Gasteiger partial charge on any atom is -0.192 e. The molecule has 0 radical (unpaired) electrons. The van der Waals surface area contributed by atoms with E-state index >= 15 is 0 Å². The summed E-state index contributed by atoms with van der Waals surface area (Å²) < 4.78 is 1.79. The summed E-state index contributed by atoms with van der Waals surface area (Å²) >= 11 is 22.0. The van der Waals surface area contributed by atoms with Gasteiger partial charge in [-0.25, -0.2) is 0 Å². The highest BCUT2D eigenvalue weighted by molar-refractivity contribution is 6.53. The number of para-hydroxylation sites is 2. The summed E-state index contributed by atoms with van der Waals surface area (Å²) in [5.41, 5.74) is 1.04. The average molecular weight is 246 g/mol. The molecule has 0 fully saturated rings. The molecule has 0 heterocycles. The molecular weight excluding hydrogens is 242 g/mol. The van der Waals surface area contributed by atoms with Gasteiger partial charge in [-0.2, -0.15) is 7.88 Å². The van der Waals surface area contributed by atoms with Crippen LogP contribution in [0.15, 0.2) is 24.3 Å². The lowest BCUT2D eigenvalue weighted by Gasteiger charge is -2.13. The summed E-state index contributed by atoms with van der Waals surface area (Å²) in [6.45, 7) is 0. The van der Waals surface area contributed by atoms with Crippen LogP contribution < -0.4 is 7.88 Å². The van der Waals surface area contributed by atoms with Crippen LogP contribution in [0.3, 0.4) is 0 Å². The van der Waals surface area contributed by atoms with E-state index in [0.717, 1.165) is 7.88 Å². The van der Waals surface area contributed by atoms with Crippen LogP contribution in [0, 0.1) is 0 Å². The Kier molecular flexibility index (Phi) is 3.59. The lowest BCUT2D eigenvalue weighted by Crippen LogP contribution is -2.00. The number of halogens is 4. The second-order valence-electron chi connectivity index (χ2n) is 1.95. The summed E-state index contributed by atoms with van der Waals surface area (Å²) in [5.74, 6) is 0. The van der Waals surface area contributed by atoms with Crippen molar-refractivity contribution in [2.24, 2.45) is 0 Å². The van der Waals surface area contributed by atoms with Crippen LogP contribution in [0.5, 0.6) is 0 Å². The predicted molar refractivity (Wildman–Crippen MR) is 54.8 cm³/mol. The van der Waals surface area contributed by atoms with Crippen molar-refractivity contribution in [3.05, 3.63) is 24.3 Å². The van der Waals surface area contributed by atoms with E-state index in [4.69, 9.17) is 47.1 Å². The molecule has 0 atom stereocenters. The van der Waals surface area contributed by atoms with Crippen LogP contribution in [0.4, 0.5) is 11.4 Å². The van der Waals surface area contributed by atoms with Gasteiger partial charge in [0.05, 0.1) is 11.4 Å². The van der Waals surface area contributed by atoms with Gasteiger partial charge in [0.15, 0.2) is 0 Å². The first kappa shape index (κ1) is 10.1. The molecule has 0 spiro atoms. The lowest BCUT2D eigenvalue weighted by molar-refractivity contribution is 1.51. The first-order valence-corrected chi connectivity index (χ1v) is 4.30. The molecule has 0 N–H and O–H groups in total. The van der Waals surface area contributed by atoms with Gasteiger partial charge in [0.2, 0.25) is 0 Å². The Balaban J connectivity index is 3.09. The molecule has 0 aliphatic heterocycles. The first-order chi connectivity index (χ1) is 5.63. The molecule has 0 aromatic heterocycles. The zero-order valence-corrected chi connectivity index (χ0v) is 8.74. The van der Waals surface area contributed by atoms with E-state index in [-0.39, 0.29) is 0 Å². The number of hydrogen-bond acceptors (Lipinski definition) is 2. The van der Waals surface area contributed by atoms with Crippen molar-refractivity contribution in [2.45, 2.75) is 0 Å². The maximum absolute atomic E-state index is 5.51. The normalized spacial score (nSPS) is 9.67. The van der Waals surface area contributed by atoms with Gasteiger partial charge in [0.1, 0.15) is 0 Å². The fourth-order valence-corrected chi connectivity index (χ4v) is 1.32. The maximum atomic E-state index is 5.51. The molecule has 0 aliphatic rings. The molecule has 6 heteroatoms. The number of benzene rings is 1. The lowest BCUT2D eigenvalue weighted by atomic mass is 10.3. The number of nitrogens with zero attached hydrogens (tertiary/aromatic N) is 2. The fraction of sp³-hybridized carbons (Fsp3) is 0. The standard InChI is InChI=1S/C6H4Cl4N2/c7-11(8)5-3-1-2-4-6(5)12(9)10/h1-4H. The number of anilines is 2. The van der Waals surface area contributed by atoms with Gasteiger partial charge in [-0.1, -0.05) is 12.1 Å². The molecule has 12 heavy (non-hydrogen) atoms. The third kappa shape index (κ3) is 2.23. The third-order valence-corrected chi connectivity index (χ3v) is 1.97. The van der Waals surface area contributed by atoms with E-state index in [9.17, 15) is 0 Å². The Labute approximate surface area is 90.6 Å². The Morgan fingerprint density at radius 2 is 1.08 bits per heavy atom. The van der Waals surface area contributed by atoms with Crippen LogP contribution in [0.25, 0.3) is 0 Å². The molecule has 0 unspecified atom stereocenters. The van der Waals surface area contributed by atoms with Crippen molar-refractivity contribution in [1.29, 1.82) is 0 Å². The van der Waals surface area contributed by atoms with Gasteiger partial charge in [0.25, 0.3) is 0 Å². The minimum atomic E-state index is 0.519. The van der Waals surface area contributed by atoms with Gasteiger partial charge < -0.3 is 0 Å². The van der Waals surface area contributed by atoms with Crippen LogP contribution >= 0.6 is 47.1 Å². The summed E-state index contributed by atoms with van der Waals surface area (Å²) in [4.78, 5) is 0. The zero-order valence-electron chi connectivity index (χ0n) is 5.72. The molecule has 0 bridgehead atoms. The van der Waals surface area contributed by atoms with Crippen LogP contribution in [-0.4, -0.2) is 0 Å². The molecule has 0 saturated heterocycles.